The quantitative estimate of drug-likeness (QED) is 0.564. The molecule has 0 spiro atoms. The van der Waals surface area contributed by atoms with E-state index in [-0.39, 0.29) is 16.7 Å². The van der Waals surface area contributed by atoms with Crippen molar-refractivity contribution in [2.45, 2.75) is 33.3 Å². The molecule has 1 aromatic carbocycles. The predicted octanol–water partition coefficient (Wildman–Crippen LogP) is 0.808. The van der Waals surface area contributed by atoms with Crippen LogP contribution in [-0.2, 0) is 9.47 Å². The van der Waals surface area contributed by atoms with Gasteiger partial charge in [0.2, 0.25) is 0 Å². The van der Waals surface area contributed by atoms with Gasteiger partial charge in [0.05, 0.1) is 12.7 Å². The lowest BCUT2D eigenvalue weighted by Crippen LogP contribution is -2.32. The minimum atomic E-state index is -1.79. The lowest BCUT2D eigenvalue weighted by atomic mass is 9.78. The van der Waals surface area contributed by atoms with Crippen LogP contribution in [0.3, 0.4) is 0 Å². The molecule has 8 heteroatoms. The van der Waals surface area contributed by atoms with E-state index in [0.717, 1.165) is 0 Å². The van der Waals surface area contributed by atoms with E-state index in [1.807, 2.05) is 0 Å². The summed E-state index contributed by atoms with van der Waals surface area (Å²) < 4.78 is 9.78. The summed E-state index contributed by atoms with van der Waals surface area (Å²) in [6.07, 6.45) is -0.712. The summed E-state index contributed by atoms with van der Waals surface area (Å²) in [7, 11) is -0.576. The second kappa shape index (κ2) is 6.80. The number of benzene rings is 1. The van der Waals surface area contributed by atoms with Crippen molar-refractivity contribution < 1.29 is 29.1 Å². The van der Waals surface area contributed by atoms with E-state index in [2.05, 4.69) is 10.1 Å². The van der Waals surface area contributed by atoms with Crippen LogP contribution in [0, 0.1) is 6.92 Å². The van der Waals surface area contributed by atoms with Gasteiger partial charge in [-0.15, -0.1) is 0 Å². The maximum Gasteiger partial charge on any atom is 0.488 e. The molecule has 0 saturated carbocycles. The molecular formula is C14H20BNO6. The van der Waals surface area contributed by atoms with Gasteiger partial charge in [-0.3, -0.25) is 5.32 Å². The fourth-order valence-corrected chi connectivity index (χ4v) is 1.75. The maximum atomic E-state index is 11.8. The molecule has 0 atom stereocenters. The van der Waals surface area contributed by atoms with Crippen molar-refractivity contribution in [1.29, 1.82) is 0 Å². The van der Waals surface area contributed by atoms with Crippen LogP contribution in [-0.4, -0.2) is 41.9 Å². The van der Waals surface area contributed by atoms with Crippen LogP contribution >= 0.6 is 0 Å². The smallest absolute Gasteiger partial charge is 0.465 e. The number of anilines is 1. The Hall–Kier alpha value is -2.06. The van der Waals surface area contributed by atoms with Gasteiger partial charge in [-0.2, -0.15) is 0 Å². The van der Waals surface area contributed by atoms with E-state index in [1.54, 1.807) is 27.7 Å². The molecule has 0 heterocycles. The molecule has 0 bridgehead atoms. The highest BCUT2D eigenvalue weighted by molar-refractivity contribution is 6.59. The number of carbonyl (C=O) groups is 2. The molecule has 0 aliphatic carbocycles. The van der Waals surface area contributed by atoms with Gasteiger partial charge in [-0.25, -0.2) is 9.59 Å². The average molecular weight is 309 g/mol. The maximum absolute atomic E-state index is 11.8. The third kappa shape index (κ3) is 4.75. The Bertz CT molecular complexity index is 579. The van der Waals surface area contributed by atoms with Crippen molar-refractivity contribution in [3.05, 3.63) is 23.3 Å². The Morgan fingerprint density at radius 3 is 2.27 bits per heavy atom. The Balaban J connectivity index is 3.20. The highest BCUT2D eigenvalue weighted by Gasteiger charge is 2.22. The van der Waals surface area contributed by atoms with E-state index in [1.165, 1.54) is 19.2 Å². The first kappa shape index (κ1) is 18.0. The molecule has 120 valence electrons. The van der Waals surface area contributed by atoms with Crippen molar-refractivity contribution in [2.75, 3.05) is 12.4 Å². The van der Waals surface area contributed by atoms with E-state index in [4.69, 9.17) is 4.74 Å². The standard InChI is InChI=1S/C14H20BNO6/c1-8-10(12(17)21-5)6-9(15(19)20)7-11(8)16-13(18)22-14(2,3)4/h6-7,19-20H,1-5H3,(H,16,18). The summed E-state index contributed by atoms with van der Waals surface area (Å²) in [6.45, 7) is 6.75. The number of ether oxygens (including phenoxy) is 2. The largest absolute Gasteiger partial charge is 0.488 e. The third-order valence-electron chi connectivity index (χ3n) is 2.77. The summed E-state index contributed by atoms with van der Waals surface area (Å²) in [4.78, 5) is 23.6. The van der Waals surface area contributed by atoms with Crippen molar-refractivity contribution in [1.82, 2.24) is 0 Å². The molecule has 0 aliphatic rings. The van der Waals surface area contributed by atoms with Gasteiger partial charge in [0.1, 0.15) is 5.60 Å². The number of methoxy groups -OCH3 is 1. The number of nitrogens with one attached hydrogen (secondary N) is 1. The molecule has 0 aliphatic heterocycles. The zero-order valence-electron chi connectivity index (χ0n) is 13.3. The monoisotopic (exact) mass is 309 g/mol. The minimum absolute atomic E-state index is 0.0528. The first-order chi connectivity index (χ1) is 10.0. The second-order valence-electron chi connectivity index (χ2n) is 5.73. The Labute approximate surface area is 129 Å². The number of hydrogen-bond acceptors (Lipinski definition) is 6. The first-order valence-corrected chi connectivity index (χ1v) is 6.64. The highest BCUT2D eigenvalue weighted by Crippen LogP contribution is 2.20. The van der Waals surface area contributed by atoms with Gasteiger partial charge in [-0.1, -0.05) is 0 Å². The summed E-state index contributed by atoms with van der Waals surface area (Å²) in [5.41, 5.74) is 0.163. The summed E-state index contributed by atoms with van der Waals surface area (Å²) >= 11 is 0. The van der Waals surface area contributed by atoms with Gasteiger partial charge in [0.25, 0.3) is 0 Å². The Kier molecular flexibility index (Phi) is 5.56. The minimum Gasteiger partial charge on any atom is -0.465 e. The molecule has 3 N–H and O–H groups in total. The summed E-state index contributed by atoms with van der Waals surface area (Å²) in [5, 5.41) is 21.1. The van der Waals surface area contributed by atoms with E-state index < -0.39 is 24.8 Å². The van der Waals surface area contributed by atoms with E-state index >= 15 is 0 Å². The number of hydrogen-bond donors (Lipinski definition) is 3. The van der Waals surface area contributed by atoms with E-state index in [0.29, 0.717) is 5.56 Å². The molecule has 7 nitrogen and oxygen atoms in total. The number of esters is 1. The molecule has 1 aromatic rings. The van der Waals surface area contributed by atoms with Crippen LogP contribution in [0.5, 0.6) is 0 Å². The molecule has 1 amide bonds. The van der Waals surface area contributed by atoms with Crippen LogP contribution in [0.1, 0.15) is 36.7 Å². The molecule has 1 rings (SSSR count). The highest BCUT2D eigenvalue weighted by atomic mass is 16.6. The van der Waals surface area contributed by atoms with Gasteiger partial charge >= 0.3 is 19.2 Å². The second-order valence-corrected chi connectivity index (χ2v) is 5.73. The summed E-state index contributed by atoms with van der Waals surface area (Å²) in [5.74, 6) is -0.646. The molecule has 0 saturated heterocycles. The van der Waals surface area contributed by atoms with Crippen molar-refractivity contribution in [2.24, 2.45) is 0 Å². The van der Waals surface area contributed by atoms with Crippen LogP contribution in [0.25, 0.3) is 0 Å². The predicted molar refractivity (Wildman–Crippen MR) is 82.2 cm³/mol. The fourth-order valence-electron chi connectivity index (χ4n) is 1.75. The Morgan fingerprint density at radius 2 is 1.82 bits per heavy atom. The SMILES string of the molecule is COC(=O)c1cc(B(O)O)cc(NC(=O)OC(C)(C)C)c1C. The van der Waals surface area contributed by atoms with Gasteiger partial charge in [-0.05, 0) is 50.9 Å². The molecule has 0 unspecified atom stereocenters. The lowest BCUT2D eigenvalue weighted by Gasteiger charge is -2.21. The zero-order valence-corrected chi connectivity index (χ0v) is 13.3. The average Bonchev–Trinajstić information content (AvgIpc) is 2.37. The van der Waals surface area contributed by atoms with Crippen molar-refractivity contribution in [3.63, 3.8) is 0 Å². The van der Waals surface area contributed by atoms with Crippen LogP contribution in [0.4, 0.5) is 10.5 Å². The Morgan fingerprint density at radius 1 is 1.23 bits per heavy atom. The van der Waals surface area contributed by atoms with E-state index in [9.17, 15) is 19.6 Å². The molecule has 0 aromatic heterocycles. The molecule has 0 fully saturated rings. The van der Waals surface area contributed by atoms with Crippen LogP contribution < -0.4 is 10.8 Å². The van der Waals surface area contributed by atoms with Crippen molar-refractivity contribution >= 4 is 30.3 Å². The first-order valence-electron chi connectivity index (χ1n) is 6.64. The summed E-state index contributed by atoms with van der Waals surface area (Å²) in [6, 6.07) is 2.66. The molecule has 0 radical (unpaired) electrons. The topological polar surface area (TPSA) is 105 Å². The number of rotatable bonds is 3. The lowest BCUT2D eigenvalue weighted by molar-refractivity contribution is 0.0595. The normalized spacial score (nSPS) is 10.9. The van der Waals surface area contributed by atoms with Gasteiger partial charge in [0.15, 0.2) is 0 Å². The third-order valence-corrected chi connectivity index (χ3v) is 2.77. The van der Waals surface area contributed by atoms with Gasteiger partial charge < -0.3 is 19.5 Å². The van der Waals surface area contributed by atoms with Crippen LogP contribution in [0.2, 0.25) is 0 Å². The zero-order chi connectivity index (χ0) is 17.1. The molecular weight excluding hydrogens is 289 g/mol. The van der Waals surface area contributed by atoms with Crippen LogP contribution in [0.15, 0.2) is 12.1 Å². The fraction of sp³-hybridized carbons (Fsp3) is 0.429. The number of amides is 1. The van der Waals surface area contributed by atoms with Crippen molar-refractivity contribution in [3.8, 4) is 0 Å². The number of carbonyl (C=O) groups excluding carboxylic acids is 2. The molecule has 22 heavy (non-hydrogen) atoms. The van der Waals surface area contributed by atoms with Gasteiger partial charge in [0, 0.05) is 5.69 Å².